The van der Waals surface area contributed by atoms with Gasteiger partial charge in [-0.25, -0.2) is 0 Å². The highest BCUT2D eigenvalue weighted by Gasteiger charge is 2.10. The standard InChI is InChI=1S/C18H25N3O3/c22-18(11-10-16-8-3-4-9-17(16)21(23)24)19-12-7-15-20-13-5-1-2-6-14-20/h3-4,8-11H,1-2,5-7,12-15H2,(H,19,22)/b11-10+. The number of hydrogen-bond acceptors (Lipinski definition) is 4. The van der Waals surface area contributed by atoms with Gasteiger partial charge in [0.15, 0.2) is 0 Å². The fourth-order valence-electron chi connectivity index (χ4n) is 2.89. The van der Waals surface area contributed by atoms with Crippen molar-refractivity contribution in [3.63, 3.8) is 0 Å². The van der Waals surface area contributed by atoms with Gasteiger partial charge in [-0.15, -0.1) is 0 Å². The molecule has 0 saturated carbocycles. The van der Waals surface area contributed by atoms with Crippen molar-refractivity contribution in [2.75, 3.05) is 26.2 Å². The largest absolute Gasteiger partial charge is 0.353 e. The molecule has 24 heavy (non-hydrogen) atoms. The monoisotopic (exact) mass is 331 g/mol. The molecule has 0 spiro atoms. The third kappa shape index (κ3) is 6.12. The Morgan fingerprint density at radius 1 is 1.21 bits per heavy atom. The van der Waals surface area contributed by atoms with Gasteiger partial charge in [0.25, 0.3) is 5.69 Å². The maximum atomic E-state index is 11.8. The van der Waals surface area contributed by atoms with Crippen LogP contribution in [0.5, 0.6) is 0 Å². The van der Waals surface area contributed by atoms with E-state index in [0.717, 1.165) is 26.1 Å². The van der Waals surface area contributed by atoms with Gasteiger partial charge in [0.1, 0.15) is 0 Å². The summed E-state index contributed by atoms with van der Waals surface area (Å²) in [6, 6.07) is 6.38. The molecule has 0 atom stereocenters. The summed E-state index contributed by atoms with van der Waals surface area (Å²) in [5.74, 6) is -0.219. The van der Waals surface area contributed by atoms with Crippen LogP contribution < -0.4 is 5.32 Å². The molecule has 1 amide bonds. The number of para-hydroxylation sites is 1. The SMILES string of the molecule is O=C(/C=C/c1ccccc1[N+](=O)[O-])NCCCN1CCCCCC1. The molecular formula is C18H25N3O3. The predicted octanol–water partition coefficient (Wildman–Crippen LogP) is 2.99. The molecule has 1 aromatic carbocycles. The highest BCUT2D eigenvalue weighted by atomic mass is 16.6. The third-order valence-electron chi connectivity index (χ3n) is 4.20. The first-order valence-corrected chi connectivity index (χ1v) is 8.58. The molecule has 0 bridgehead atoms. The lowest BCUT2D eigenvalue weighted by atomic mass is 10.1. The Kier molecular flexibility index (Phi) is 7.42. The summed E-state index contributed by atoms with van der Waals surface area (Å²) < 4.78 is 0. The molecule has 0 aliphatic carbocycles. The Morgan fingerprint density at radius 3 is 2.62 bits per heavy atom. The van der Waals surface area contributed by atoms with Gasteiger partial charge in [-0.05, 0) is 51.0 Å². The Bertz CT molecular complexity index is 579. The highest BCUT2D eigenvalue weighted by molar-refractivity contribution is 5.92. The quantitative estimate of drug-likeness (QED) is 0.361. The van der Waals surface area contributed by atoms with E-state index in [1.54, 1.807) is 18.2 Å². The fraction of sp³-hybridized carbons (Fsp3) is 0.500. The van der Waals surface area contributed by atoms with E-state index < -0.39 is 4.92 Å². The Labute approximate surface area is 142 Å². The number of nitrogens with one attached hydrogen (secondary N) is 1. The minimum Gasteiger partial charge on any atom is -0.353 e. The molecule has 1 aromatic rings. The molecule has 0 aromatic heterocycles. The van der Waals surface area contributed by atoms with E-state index in [1.807, 2.05) is 0 Å². The van der Waals surface area contributed by atoms with Gasteiger partial charge < -0.3 is 10.2 Å². The molecular weight excluding hydrogens is 306 g/mol. The summed E-state index contributed by atoms with van der Waals surface area (Å²) in [6.07, 6.45) is 8.95. The van der Waals surface area contributed by atoms with Crippen LogP contribution in [0.4, 0.5) is 5.69 Å². The van der Waals surface area contributed by atoms with E-state index in [9.17, 15) is 14.9 Å². The number of carbonyl (C=O) groups is 1. The third-order valence-corrected chi connectivity index (χ3v) is 4.20. The molecule has 1 heterocycles. The fourth-order valence-corrected chi connectivity index (χ4v) is 2.89. The summed E-state index contributed by atoms with van der Waals surface area (Å²) in [4.78, 5) is 24.8. The van der Waals surface area contributed by atoms with Gasteiger partial charge in [-0.3, -0.25) is 14.9 Å². The van der Waals surface area contributed by atoms with E-state index in [1.165, 1.54) is 43.9 Å². The number of nitro groups is 1. The molecule has 1 saturated heterocycles. The van der Waals surface area contributed by atoms with Crippen LogP contribution in [0.25, 0.3) is 6.08 Å². The van der Waals surface area contributed by atoms with Crippen LogP contribution in [0.1, 0.15) is 37.7 Å². The van der Waals surface area contributed by atoms with Gasteiger partial charge in [0, 0.05) is 18.7 Å². The zero-order chi connectivity index (χ0) is 17.2. The van der Waals surface area contributed by atoms with Gasteiger partial charge in [-0.2, -0.15) is 0 Å². The number of hydrogen-bond donors (Lipinski definition) is 1. The molecule has 0 unspecified atom stereocenters. The number of amides is 1. The van der Waals surface area contributed by atoms with Crippen molar-refractivity contribution in [1.29, 1.82) is 0 Å². The number of carbonyl (C=O) groups excluding carboxylic acids is 1. The van der Waals surface area contributed by atoms with Crippen molar-refractivity contribution in [1.82, 2.24) is 10.2 Å². The minimum atomic E-state index is -0.446. The number of likely N-dealkylation sites (tertiary alicyclic amines) is 1. The minimum absolute atomic E-state index is 0.00251. The van der Waals surface area contributed by atoms with Crippen LogP contribution >= 0.6 is 0 Å². The number of nitro benzene ring substituents is 1. The Balaban J connectivity index is 1.72. The number of rotatable bonds is 7. The maximum Gasteiger partial charge on any atom is 0.276 e. The summed E-state index contributed by atoms with van der Waals surface area (Å²) in [5.41, 5.74) is 0.435. The molecule has 1 N–H and O–H groups in total. The zero-order valence-corrected chi connectivity index (χ0v) is 13.9. The van der Waals surface area contributed by atoms with Crippen LogP contribution in [0.2, 0.25) is 0 Å². The first kappa shape index (κ1) is 18.1. The van der Waals surface area contributed by atoms with Gasteiger partial charge in [0.05, 0.1) is 10.5 Å². The summed E-state index contributed by atoms with van der Waals surface area (Å²) in [6.45, 7) is 3.95. The topological polar surface area (TPSA) is 75.5 Å². The van der Waals surface area contributed by atoms with Gasteiger partial charge in [0.2, 0.25) is 5.91 Å². The van der Waals surface area contributed by atoms with Gasteiger partial charge >= 0.3 is 0 Å². The van der Waals surface area contributed by atoms with E-state index in [4.69, 9.17) is 0 Å². The average Bonchev–Trinajstić information content (AvgIpc) is 2.86. The highest BCUT2D eigenvalue weighted by Crippen LogP contribution is 2.18. The molecule has 6 nitrogen and oxygen atoms in total. The lowest BCUT2D eigenvalue weighted by Gasteiger charge is -2.19. The lowest BCUT2D eigenvalue weighted by molar-refractivity contribution is -0.385. The van der Waals surface area contributed by atoms with Crippen molar-refractivity contribution in [2.24, 2.45) is 0 Å². The van der Waals surface area contributed by atoms with E-state index >= 15 is 0 Å². The summed E-state index contributed by atoms with van der Waals surface area (Å²) >= 11 is 0. The average molecular weight is 331 g/mol. The number of nitrogens with zero attached hydrogens (tertiary/aromatic N) is 2. The van der Waals surface area contributed by atoms with E-state index in [0.29, 0.717) is 12.1 Å². The van der Waals surface area contributed by atoms with Crippen LogP contribution in [0, 0.1) is 10.1 Å². The second kappa shape index (κ2) is 9.82. The van der Waals surface area contributed by atoms with Crippen molar-refractivity contribution in [3.8, 4) is 0 Å². The van der Waals surface area contributed by atoms with Crippen molar-refractivity contribution in [3.05, 3.63) is 46.0 Å². The molecule has 1 fully saturated rings. The summed E-state index contributed by atoms with van der Waals surface area (Å²) in [5, 5.41) is 13.8. The van der Waals surface area contributed by atoms with Gasteiger partial charge in [-0.1, -0.05) is 25.0 Å². The smallest absolute Gasteiger partial charge is 0.276 e. The number of benzene rings is 1. The first-order valence-electron chi connectivity index (χ1n) is 8.58. The normalized spacial score (nSPS) is 16.0. The van der Waals surface area contributed by atoms with Crippen LogP contribution in [-0.2, 0) is 4.79 Å². The maximum absolute atomic E-state index is 11.8. The second-order valence-electron chi connectivity index (χ2n) is 6.05. The van der Waals surface area contributed by atoms with Crippen molar-refractivity contribution < 1.29 is 9.72 Å². The molecule has 1 aliphatic heterocycles. The second-order valence-corrected chi connectivity index (χ2v) is 6.05. The van der Waals surface area contributed by atoms with Crippen molar-refractivity contribution in [2.45, 2.75) is 32.1 Å². The molecule has 6 heteroatoms. The predicted molar refractivity (Wildman–Crippen MR) is 94.7 cm³/mol. The Hall–Kier alpha value is -2.21. The molecule has 130 valence electrons. The van der Waals surface area contributed by atoms with Crippen LogP contribution in [0.3, 0.4) is 0 Å². The van der Waals surface area contributed by atoms with Crippen LogP contribution in [0.15, 0.2) is 30.3 Å². The molecule has 2 rings (SSSR count). The van der Waals surface area contributed by atoms with E-state index in [2.05, 4.69) is 10.2 Å². The molecule has 1 aliphatic rings. The Morgan fingerprint density at radius 2 is 1.92 bits per heavy atom. The summed E-state index contributed by atoms with van der Waals surface area (Å²) in [7, 11) is 0. The first-order chi connectivity index (χ1) is 11.7. The zero-order valence-electron chi connectivity index (χ0n) is 13.9. The van der Waals surface area contributed by atoms with Crippen molar-refractivity contribution >= 4 is 17.7 Å². The lowest BCUT2D eigenvalue weighted by Crippen LogP contribution is -2.30. The van der Waals surface area contributed by atoms with E-state index in [-0.39, 0.29) is 11.6 Å². The van der Waals surface area contributed by atoms with Crippen LogP contribution in [-0.4, -0.2) is 41.9 Å². The molecule has 0 radical (unpaired) electrons.